The summed E-state index contributed by atoms with van der Waals surface area (Å²) < 4.78 is 11.8. The van der Waals surface area contributed by atoms with Gasteiger partial charge >= 0.3 is 6.09 Å². The van der Waals surface area contributed by atoms with Crippen LogP contribution < -0.4 is 15.0 Å². The number of carbonyl (C=O) groups is 4. The SMILES string of the molecule is Cc1cc(OC2=CC=CCC2)ccc1N(C(=O)CCl)[C@@H](C(=O)N1CCN(C(=O)OC(C)(C)C)[C@@H](C(=O)NCc2ccccc2)C1)C1CC=CS1. The Balaban J connectivity index is 1.43. The van der Waals surface area contributed by atoms with Crippen molar-refractivity contribution in [3.05, 3.63) is 95.1 Å². The van der Waals surface area contributed by atoms with E-state index in [0.717, 1.165) is 29.7 Å². The second-order valence-electron chi connectivity index (χ2n) is 13.5. The Kier molecular flexibility index (Phi) is 12.3. The Hall–Kier alpha value is -4.22. The molecule has 0 spiro atoms. The van der Waals surface area contributed by atoms with Crippen LogP contribution in [0.15, 0.2) is 84.0 Å². The number of ether oxygens (including phenoxy) is 2. The van der Waals surface area contributed by atoms with Gasteiger partial charge in [0.2, 0.25) is 17.7 Å². The second kappa shape index (κ2) is 16.7. The van der Waals surface area contributed by atoms with Gasteiger partial charge in [-0.15, -0.1) is 23.4 Å². The average Bonchev–Trinajstić information content (AvgIpc) is 3.64. The zero-order chi connectivity index (χ0) is 35.8. The lowest BCUT2D eigenvalue weighted by Crippen LogP contribution is -2.65. The lowest BCUT2D eigenvalue weighted by molar-refractivity contribution is -0.140. The third kappa shape index (κ3) is 9.31. The van der Waals surface area contributed by atoms with Gasteiger partial charge in [-0.2, -0.15) is 0 Å². The van der Waals surface area contributed by atoms with E-state index in [2.05, 4.69) is 11.4 Å². The molecule has 2 aromatic rings. The molecule has 4 amide bonds. The number of benzene rings is 2. The molecule has 3 aliphatic rings. The number of allylic oxidation sites excluding steroid dienone is 5. The summed E-state index contributed by atoms with van der Waals surface area (Å²) in [5.41, 5.74) is 1.41. The zero-order valence-corrected chi connectivity index (χ0v) is 30.5. The number of nitrogens with one attached hydrogen (secondary N) is 1. The third-order valence-corrected chi connectivity index (χ3v) is 9.95. The number of piperazine rings is 1. The molecule has 12 heteroatoms. The maximum Gasteiger partial charge on any atom is 0.411 e. The van der Waals surface area contributed by atoms with Crippen molar-refractivity contribution in [3.63, 3.8) is 0 Å². The molecule has 0 aromatic heterocycles. The predicted molar refractivity (Wildman–Crippen MR) is 197 cm³/mol. The van der Waals surface area contributed by atoms with Crippen molar-refractivity contribution in [2.45, 2.75) is 76.4 Å². The van der Waals surface area contributed by atoms with E-state index in [0.29, 0.717) is 17.9 Å². The van der Waals surface area contributed by atoms with Crippen LogP contribution in [0.1, 0.15) is 51.2 Å². The van der Waals surface area contributed by atoms with Gasteiger partial charge in [-0.3, -0.25) is 24.2 Å². The standard InChI is InChI=1S/C38H45ClN4O6S/c1-26-22-29(48-28-14-9-6-10-15-28)17-18-30(26)43(33(44)23-39)34(32-16-11-21-50-32)36(46)41-19-20-42(37(47)49-38(2,3)4)31(25-41)35(45)40-24-27-12-7-5-8-13-27/h5-9,11-14,17-18,21-22,31-32,34H,10,15-16,19-20,23-25H2,1-4H3,(H,40,45)/t31-,32?,34-/m1/s1. The summed E-state index contributed by atoms with van der Waals surface area (Å²) >= 11 is 7.70. The van der Waals surface area contributed by atoms with E-state index in [1.807, 2.05) is 67.0 Å². The fourth-order valence-electron chi connectivity index (χ4n) is 6.16. The number of hydrogen-bond donors (Lipinski definition) is 1. The Morgan fingerprint density at radius 3 is 2.50 bits per heavy atom. The van der Waals surface area contributed by atoms with Crippen LogP contribution in [-0.4, -0.2) is 82.1 Å². The Labute approximate surface area is 303 Å². The zero-order valence-electron chi connectivity index (χ0n) is 29.0. The maximum atomic E-state index is 14.8. The molecule has 10 nitrogen and oxygen atoms in total. The van der Waals surface area contributed by atoms with Crippen LogP contribution in [0, 0.1) is 6.92 Å². The summed E-state index contributed by atoms with van der Waals surface area (Å²) in [6.45, 7) is 7.58. The van der Waals surface area contributed by atoms with E-state index in [9.17, 15) is 19.2 Å². The number of alkyl halides is 1. The van der Waals surface area contributed by atoms with Crippen LogP contribution in [-0.2, 0) is 25.7 Å². The number of rotatable bonds is 10. The van der Waals surface area contributed by atoms with Crippen LogP contribution in [0.5, 0.6) is 5.75 Å². The van der Waals surface area contributed by atoms with Crippen LogP contribution in [0.3, 0.4) is 0 Å². The van der Waals surface area contributed by atoms with Gasteiger partial charge in [-0.05, 0) is 81.3 Å². The molecule has 1 saturated heterocycles. The van der Waals surface area contributed by atoms with Gasteiger partial charge in [0.1, 0.15) is 35.1 Å². The number of aryl methyl sites for hydroxylation is 1. The van der Waals surface area contributed by atoms with Crippen LogP contribution >= 0.6 is 23.4 Å². The number of amides is 4. The lowest BCUT2D eigenvalue weighted by Gasteiger charge is -2.44. The van der Waals surface area contributed by atoms with E-state index in [-0.39, 0.29) is 43.2 Å². The highest BCUT2D eigenvalue weighted by molar-refractivity contribution is 8.03. The number of carbonyl (C=O) groups excluding carboxylic acids is 4. The van der Waals surface area contributed by atoms with Crippen LogP contribution in [0.25, 0.3) is 0 Å². The second-order valence-corrected chi connectivity index (χ2v) is 14.9. The molecule has 1 aliphatic carbocycles. The Morgan fingerprint density at radius 1 is 1.08 bits per heavy atom. The summed E-state index contributed by atoms with van der Waals surface area (Å²) in [5, 5.41) is 4.58. The molecule has 50 heavy (non-hydrogen) atoms. The van der Waals surface area contributed by atoms with Crippen molar-refractivity contribution in [1.29, 1.82) is 0 Å². The van der Waals surface area contributed by atoms with Crippen molar-refractivity contribution in [2.75, 3.05) is 30.4 Å². The molecule has 3 atom stereocenters. The molecular weight excluding hydrogens is 676 g/mol. The number of anilines is 1. The van der Waals surface area contributed by atoms with Gasteiger partial charge in [0.25, 0.3) is 0 Å². The Bertz CT molecular complexity index is 1650. The minimum absolute atomic E-state index is 0.0712. The fourth-order valence-corrected chi connectivity index (χ4v) is 7.32. The normalized spacial score (nSPS) is 19.4. The summed E-state index contributed by atoms with van der Waals surface area (Å²) in [5.74, 6) is 0.000342. The van der Waals surface area contributed by atoms with Gasteiger partial charge < -0.3 is 19.7 Å². The van der Waals surface area contributed by atoms with E-state index in [4.69, 9.17) is 21.1 Å². The molecular formula is C38H45ClN4O6S. The number of halogens is 1. The summed E-state index contributed by atoms with van der Waals surface area (Å²) in [7, 11) is 0. The summed E-state index contributed by atoms with van der Waals surface area (Å²) in [4.78, 5) is 60.1. The molecule has 0 radical (unpaired) electrons. The van der Waals surface area contributed by atoms with Crippen molar-refractivity contribution >= 4 is 52.9 Å². The number of thioether (sulfide) groups is 1. The van der Waals surface area contributed by atoms with Crippen molar-refractivity contribution in [2.24, 2.45) is 0 Å². The molecule has 266 valence electrons. The first-order valence-corrected chi connectivity index (χ1v) is 18.4. The third-order valence-electron chi connectivity index (χ3n) is 8.57. The van der Waals surface area contributed by atoms with Crippen LogP contribution in [0.4, 0.5) is 10.5 Å². The molecule has 2 aromatic carbocycles. The van der Waals surface area contributed by atoms with Crippen molar-refractivity contribution < 1.29 is 28.7 Å². The smallest absolute Gasteiger partial charge is 0.411 e. The number of hydrogen-bond acceptors (Lipinski definition) is 7. The molecule has 2 heterocycles. The molecule has 2 aliphatic heterocycles. The highest BCUT2D eigenvalue weighted by atomic mass is 35.5. The highest BCUT2D eigenvalue weighted by Crippen LogP contribution is 2.36. The minimum Gasteiger partial charge on any atom is -0.462 e. The van der Waals surface area contributed by atoms with Crippen LogP contribution in [0.2, 0.25) is 0 Å². The molecule has 1 N–H and O–H groups in total. The van der Waals surface area contributed by atoms with Gasteiger partial charge in [0.15, 0.2) is 0 Å². The van der Waals surface area contributed by atoms with E-state index in [1.54, 1.807) is 37.8 Å². The topological polar surface area (TPSA) is 108 Å². The van der Waals surface area contributed by atoms with Gasteiger partial charge in [0, 0.05) is 37.0 Å². The van der Waals surface area contributed by atoms with Gasteiger partial charge in [-0.1, -0.05) is 48.6 Å². The lowest BCUT2D eigenvalue weighted by atomic mass is 10.0. The minimum atomic E-state index is -1.01. The molecule has 1 unspecified atom stereocenters. The number of nitrogens with zero attached hydrogens (tertiary/aromatic N) is 3. The highest BCUT2D eigenvalue weighted by Gasteiger charge is 2.45. The predicted octanol–water partition coefficient (Wildman–Crippen LogP) is 6.33. The van der Waals surface area contributed by atoms with Gasteiger partial charge in [-0.25, -0.2) is 4.79 Å². The first kappa shape index (κ1) is 37.0. The first-order chi connectivity index (χ1) is 23.9. The molecule has 0 saturated carbocycles. The quantitative estimate of drug-likeness (QED) is 0.286. The summed E-state index contributed by atoms with van der Waals surface area (Å²) in [6.07, 6.45) is 9.60. The fraction of sp³-hybridized carbons (Fsp3) is 0.421. The van der Waals surface area contributed by atoms with Gasteiger partial charge in [0.05, 0.1) is 6.54 Å². The molecule has 1 fully saturated rings. The molecule has 0 bridgehead atoms. The van der Waals surface area contributed by atoms with E-state index in [1.165, 1.54) is 21.6 Å². The van der Waals surface area contributed by atoms with Crippen molar-refractivity contribution in [1.82, 2.24) is 15.1 Å². The van der Waals surface area contributed by atoms with E-state index < -0.39 is 35.6 Å². The van der Waals surface area contributed by atoms with Crippen molar-refractivity contribution in [3.8, 4) is 5.75 Å². The summed E-state index contributed by atoms with van der Waals surface area (Å²) in [6, 6.07) is 13.0. The maximum absolute atomic E-state index is 14.8. The van der Waals surface area contributed by atoms with E-state index >= 15 is 0 Å². The Morgan fingerprint density at radius 2 is 1.86 bits per heavy atom. The molecule has 5 rings (SSSR count). The first-order valence-electron chi connectivity index (χ1n) is 16.9. The average molecular weight is 721 g/mol. The monoisotopic (exact) mass is 720 g/mol. The largest absolute Gasteiger partial charge is 0.462 e.